The van der Waals surface area contributed by atoms with Gasteiger partial charge in [-0.1, -0.05) is 39.0 Å². The first-order chi connectivity index (χ1) is 9.63. The number of alkyl halides is 1. The molecule has 2 aliphatic carbocycles. The highest BCUT2D eigenvalue weighted by Crippen LogP contribution is 2.33. The molecule has 0 radical (unpaired) electrons. The van der Waals surface area contributed by atoms with Crippen LogP contribution in [0.1, 0.15) is 77.6 Å². The second-order valence-electron chi connectivity index (χ2n) is 7.19. The molecule has 20 heavy (non-hydrogen) atoms. The molecule has 1 N–H and O–H groups in total. The predicted octanol–water partition coefficient (Wildman–Crippen LogP) is 4.65. The van der Waals surface area contributed by atoms with Crippen molar-refractivity contribution < 1.29 is 4.79 Å². The van der Waals surface area contributed by atoms with Crippen LogP contribution < -0.4 is 5.32 Å². The van der Waals surface area contributed by atoms with Crippen molar-refractivity contribution in [3.63, 3.8) is 0 Å². The van der Waals surface area contributed by atoms with Gasteiger partial charge >= 0.3 is 0 Å². The van der Waals surface area contributed by atoms with Gasteiger partial charge in [-0.15, -0.1) is 11.6 Å². The van der Waals surface area contributed by atoms with Gasteiger partial charge in [-0.25, -0.2) is 0 Å². The topological polar surface area (TPSA) is 29.1 Å². The molecule has 116 valence electrons. The van der Waals surface area contributed by atoms with E-state index in [2.05, 4.69) is 12.2 Å². The van der Waals surface area contributed by atoms with Crippen LogP contribution in [0.3, 0.4) is 0 Å². The summed E-state index contributed by atoms with van der Waals surface area (Å²) in [5.74, 6) is 2.36. The van der Waals surface area contributed by atoms with Crippen molar-refractivity contribution >= 4 is 17.5 Å². The highest BCUT2D eigenvalue weighted by atomic mass is 35.5. The van der Waals surface area contributed by atoms with Crippen molar-refractivity contribution in [1.29, 1.82) is 0 Å². The third kappa shape index (κ3) is 4.65. The van der Waals surface area contributed by atoms with E-state index in [4.69, 9.17) is 11.6 Å². The highest BCUT2D eigenvalue weighted by Gasteiger charge is 2.34. The number of nitrogens with one attached hydrogen (secondary N) is 1. The molecule has 0 atom stereocenters. The molecule has 3 heteroatoms. The van der Waals surface area contributed by atoms with Gasteiger partial charge < -0.3 is 5.32 Å². The lowest BCUT2D eigenvalue weighted by Crippen LogP contribution is -2.52. The normalized spacial score (nSPS) is 32.0. The van der Waals surface area contributed by atoms with Crippen LogP contribution in [0.5, 0.6) is 0 Å². The van der Waals surface area contributed by atoms with Crippen molar-refractivity contribution in [2.75, 3.05) is 5.88 Å². The minimum Gasteiger partial charge on any atom is -0.349 e. The fourth-order valence-corrected chi connectivity index (χ4v) is 4.11. The largest absolute Gasteiger partial charge is 0.349 e. The molecule has 0 spiro atoms. The maximum atomic E-state index is 12.2. The molecule has 0 heterocycles. The zero-order valence-electron chi connectivity index (χ0n) is 12.9. The lowest BCUT2D eigenvalue weighted by molar-refractivity contribution is -0.123. The molecule has 2 fully saturated rings. The molecule has 2 rings (SSSR count). The lowest BCUT2D eigenvalue weighted by atomic mass is 9.78. The first kappa shape index (κ1) is 16.1. The Balaban J connectivity index is 1.74. The summed E-state index contributed by atoms with van der Waals surface area (Å²) in [5.41, 5.74) is -0.113. The number of carbonyl (C=O) groups is 1. The van der Waals surface area contributed by atoms with Crippen LogP contribution >= 0.6 is 11.6 Å². The Labute approximate surface area is 129 Å². The SMILES string of the molecule is CC1CCC(CCl)(NC(=O)CCC2CCCCC2)CC1. The van der Waals surface area contributed by atoms with Gasteiger partial charge in [0.2, 0.25) is 5.91 Å². The van der Waals surface area contributed by atoms with E-state index in [1.54, 1.807) is 0 Å². The molecule has 0 bridgehead atoms. The van der Waals surface area contributed by atoms with Crippen molar-refractivity contribution in [3.05, 3.63) is 0 Å². The van der Waals surface area contributed by atoms with Crippen LogP contribution in [0, 0.1) is 11.8 Å². The summed E-state index contributed by atoms with van der Waals surface area (Å²) in [6.45, 7) is 2.29. The first-order valence-corrected chi connectivity index (χ1v) is 9.04. The third-order valence-corrected chi connectivity index (χ3v) is 5.91. The van der Waals surface area contributed by atoms with E-state index in [-0.39, 0.29) is 11.4 Å². The molecule has 2 nitrogen and oxygen atoms in total. The van der Waals surface area contributed by atoms with Crippen molar-refractivity contribution in [2.45, 2.75) is 83.1 Å². The monoisotopic (exact) mass is 299 g/mol. The molecule has 0 aromatic rings. The Morgan fingerprint density at radius 1 is 1.15 bits per heavy atom. The van der Waals surface area contributed by atoms with Gasteiger partial charge in [0.15, 0.2) is 0 Å². The van der Waals surface area contributed by atoms with Crippen molar-refractivity contribution in [3.8, 4) is 0 Å². The molecule has 0 aromatic carbocycles. The van der Waals surface area contributed by atoms with Crippen LogP contribution in [0.4, 0.5) is 0 Å². The van der Waals surface area contributed by atoms with Gasteiger partial charge in [0.1, 0.15) is 0 Å². The van der Waals surface area contributed by atoms with Crippen LogP contribution in [-0.4, -0.2) is 17.3 Å². The number of amides is 1. The molecule has 1 amide bonds. The predicted molar refractivity (Wildman–Crippen MR) is 85.0 cm³/mol. The Kier molecular flexibility index (Phi) is 6.20. The van der Waals surface area contributed by atoms with Gasteiger partial charge in [-0.05, 0) is 43.9 Å². The Hall–Kier alpha value is -0.240. The van der Waals surface area contributed by atoms with E-state index >= 15 is 0 Å². The standard InChI is InChI=1S/C17H30ClNO/c1-14-9-11-17(13-18,12-10-14)19-16(20)8-7-15-5-3-2-4-6-15/h14-15H,2-13H2,1H3,(H,19,20). The average Bonchev–Trinajstić information content (AvgIpc) is 2.49. The molecule has 2 saturated carbocycles. The summed E-state index contributed by atoms with van der Waals surface area (Å²) < 4.78 is 0. The van der Waals surface area contributed by atoms with Crippen molar-refractivity contribution in [1.82, 2.24) is 5.32 Å². The molecule has 0 aliphatic heterocycles. The van der Waals surface area contributed by atoms with Gasteiger partial charge in [0.25, 0.3) is 0 Å². The minimum absolute atomic E-state index is 0.113. The van der Waals surface area contributed by atoms with E-state index in [1.807, 2.05) is 0 Å². The zero-order valence-corrected chi connectivity index (χ0v) is 13.7. The highest BCUT2D eigenvalue weighted by molar-refractivity contribution is 6.18. The summed E-state index contributed by atoms with van der Waals surface area (Å²) in [4.78, 5) is 12.2. The van der Waals surface area contributed by atoms with E-state index in [0.29, 0.717) is 12.3 Å². The second-order valence-corrected chi connectivity index (χ2v) is 7.45. The minimum atomic E-state index is -0.113. The van der Waals surface area contributed by atoms with Crippen LogP contribution in [0.2, 0.25) is 0 Å². The number of rotatable bonds is 5. The van der Waals surface area contributed by atoms with Crippen LogP contribution in [0.25, 0.3) is 0 Å². The second kappa shape index (κ2) is 7.68. The molecule has 0 aromatic heterocycles. The first-order valence-electron chi connectivity index (χ1n) is 8.50. The van der Waals surface area contributed by atoms with Crippen molar-refractivity contribution in [2.24, 2.45) is 11.8 Å². The summed E-state index contributed by atoms with van der Waals surface area (Å²) in [6.07, 6.45) is 13.0. The Bertz CT molecular complexity index is 304. The van der Waals surface area contributed by atoms with Crippen LogP contribution in [-0.2, 0) is 4.79 Å². The maximum Gasteiger partial charge on any atom is 0.220 e. The van der Waals surface area contributed by atoms with Gasteiger partial charge in [-0.3, -0.25) is 4.79 Å². The molecule has 0 saturated heterocycles. The smallest absolute Gasteiger partial charge is 0.220 e. The Morgan fingerprint density at radius 3 is 2.40 bits per heavy atom. The number of hydrogen-bond acceptors (Lipinski definition) is 1. The Morgan fingerprint density at radius 2 is 1.80 bits per heavy atom. The molecular formula is C17H30ClNO. The van der Waals surface area contributed by atoms with E-state index < -0.39 is 0 Å². The fourth-order valence-electron chi connectivity index (χ4n) is 3.78. The quantitative estimate of drug-likeness (QED) is 0.736. The summed E-state index contributed by atoms with van der Waals surface area (Å²) in [7, 11) is 0. The third-order valence-electron chi connectivity index (χ3n) is 5.40. The maximum absolute atomic E-state index is 12.2. The summed E-state index contributed by atoms with van der Waals surface area (Å²) >= 11 is 6.16. The van der Waals surface area contributed by atoms with Gasteiger partial charge in [0, 0.05) is 12.3 Å². The van der Waals surface area contributed by atoms with E-state index in [0.717, 1.165) is 31.1 Å². The fraction of sp³-hybridized carbons (Fsp3) is 0.941. The molecular weight excluding hydrogens is 270 g/mol. The lowest BCUT2D eigenvalue weighted by Gasteiger charge is -2.39. The van der Waals surface area contributed by atoms with E-state index in [9.17, 15) is 4.79 Å². The average molecular weight is 300 g/mol. The summed E-state index contributed by atoms with van der Waals surface area (Å²) in [6, 6.07) is 0. The van der Waals surface area contributed by atoms with Crippen LogP contribution in [0.15, 0.2) is 0 Å². The summed E-state index contributed by atoms with van der Waals surface area (Å²) in [5, 5.41) is 3.27. The van der Waals surface area contributed by atoms with Gasteiger partial charge in [-0.2, -0.15) is 0 Å². The number of carbonyl (C=O) groups excluding carboxylic acids is 1. The molecule has 0 unspecified atom stereocenters. The molecule has 2 aliphatic rings. The number of halogens is 1. The van der Waals surface area contributed by atoms with Gasteiger partial charge in [0.05, 0.1) is 5.54 Å². The number of hydrogen-bond donors (Lipinski definition) is 1. The van der Waals surface area contributed by atoms with E-state index in [1.165, 1.54) is 44.9 Å². The zero-order chi connectivity index (χ0) is 14.4.